The van der Waals surface area contributed by atoms with Crippen molar-refractivity contribution in [2.24, 2.45) is 0 Å². The molecule has 0 amide bonds. The zero-order valence-electron chi connectivity index (χ0n) is 22.5. The van der Waals surface area contributed by atoms with E-state index >= 15 is 0 Å². The molecule has 0 aliphatic carbocycles. The molecule has 0 fully saturated rings. The first kappa shape index (κ1) is 27.9. The number of imidazole rings is 1. The minimum absolute atomic E-state index is 0.345. The second-order valence-corrected chi connectivity index (χ2v) is 9.28. The summed E-state index contributed by atoms with van der Waals surface area (Å²) in [4.78, 5) is 24.3. The summed E-state index contributed by atoms with van der Waals surface area (Å²) in [6.07, 6.45) is 2.41. The van der Waals surface area contributed by atoms with Crippen LogP contribution in [0, 0.1) is 6.92 Å². The number of pyridine rings is 1. The van der Waals surface area contributed by atoms with Crippen molar-refractivity contribution in [3.05, 3.63) is 59.4 Å². The molecule has 0 unspecified atom stereocenters. The highest BCUT2D eigenvalue weighted by Gasteiger charge is 2.16. The lowest BCUT2D eigenvalue weighted by Crippen LogP contribution is -2.07. The molecule has 10 nitrogen and oxygen atoms in total. The lowest BCUT2D eigenvalue weighted by molar-refractivity contribution is 0.0597. The molecule has 2 aromatic heterocycles. The summed E-state index contributed by atoms with van der Waals surface area (Å²) in [7, 11) is 6.03. The van der Waals surface area contributed by atoms with Gasteiger partial charge in [-0.15, -0.1) is 0 Å². The number of benzene rings is 2. The molecule has 0 saturated carbocycles. The Morgan fingerprint density at radius 1 is 0.923 bits per heavy atom. The molecule has 1 N–H and O–H groups in total. The van der Waals surface area contributed by atoms with Crippen molar-refractivity contribution in [2.75, 3.05) is 41.7 Å². The van der Waals surface area contributed by atoms with Gasteiger partial charge in [0.2, 0.25) is 0 Å². The van der Waals surface area contributed by atoms with E-state index in [1.165, 1.54) is 14.2 Å². The molecule has 0 aliphatic heterocycles. The molecule has 0 spiro atoms. The molecular weight excluding hydrogens is 522 g/mol. The smallest absolute Gasteiger partial charge is 0.341 e. The number of hydrogen-bond donors (Lipinski definition) is 1. The Bertz CT molecular complexity index is 1440. The van der Waals surface area contributed by atoms with Crippen molar-refractivity contribution in [2.45, 2.75) is 24.3 Å². The van der Waals surface area contributed by atoms with E-state index in [4.69, 9.17) is 28.4 Å². The van der Waals surface area contributed by atoms with Crippen LogP contribution in [-0.2, 0) is 10.5 Å². The lowest BCUT2D eigenvalue weighted by atomic mass is 10.2. The van der Waals surface area contributed by atoms with Gasteiger partial charge >= 0.3 is 5.97 Å². The minimum Gasteiger partial charge on any atom is -0.496 e. The zero-order valence-corrected chi connectivity index (χ0v) is 23.3. The summed E-state index contributed by atoms with van der Waals surface area (Å²) < 4.78 is 32.7. The summed E-state index contributed by atoms with van der Waals surface area (Å²) in [6, 6.07) is 10.6. The molecule has 206 valence electrons. The summed E-state index contributed by atoms with van der Waals surface area (Å²) in [5, 5.41) is 0.762. The Labute approximate surface area is 230 Å². The monoisotopic (exact) mass is 553 g/mol. The molecule has 2 heterocycles. The average Bonchev–Trinajstić information content (AvgIpc) is 3.39. The Balaban J connectivity index is 1.30. The summed E-state index contributed by atoms with van der Waals surface area (Å²) in [6.45, 7) is 2.91. The number of nitrogens with zero attached hydrogens (tertiary/aromatic N) is 2. The molecule has 0 atom stereocenters. The predicted octanol–water partition coefficient (Wildman–Crippen LogP) is 5.22. The number of rotatable bonds is 13. The SMILES string of the molecule is COC(=O)c1ccc(OCCCOc2ccnc(CSc3nc4c(OC)c(OC)ccc4[nH]3)c2C)cc1OC. The predicted molar refractivity (Wildman–Crippen MR) is 148 cm³/mol. The van der Waals surface area contributed by atoms with Gasteiger partial charge in [0, 0.05) is 30.0 Å². The van der Waals surface area contributed by atoms with Crippen LogP contribution < -0.4 is 23.7 Å². The molecule has 0 saturated heterocycles. The first-order valence-electron chi connectivity index (χ1n) is 12.2. The van der Waals surface area contributed by atoms with Gasteiger partial charge in [-0.1, -0.05) is 11.8 Å². The standard InChI is InChI=1S/C28H31N3O7S/c1-17-21(16-39-28-30-20-9-10-23(33-2)26(35-4)25(20)31-28)29-12-11-22(17)38-14-6-13-37-18-7-8-19(27(32)36-5)24(15-18)34-3/h7-12,15H,6,13-14,16H2,1-5H3,(H,30,31). The van der Waals surface area contributed by atoms with Crippen LogP contribution in [0.15, 0.2) is 47.8 Å². The number of ether oxygens (including phenoxy) is 6. The fraction of sp³-hybridized carbons (Fsp3) is 0.321. The average molecular weight is 554 g/mol. The van der Waals surface area contributed by atoms with Gasteiger partial charge in [0.25, 0.3) is 0 Å². The van der Waals surface area contributed by atoms with Crippen molar-refractivity contribution < 1.29 is 33.2 Å². The Hall–Kier alpha value is -4.12. The second kappa shape index (κ2) is 13.1. The normalized spacial score (nSPS) is 10.8. The molecule has 39 heavy (non-hydrogen) atoms. The Morgan fingerprint density at radius 2 is 1.72 bits per heavy atom. The maximum Gasteiger partial charge on any atom is 0.341 e. The first-order valence-corrected chi connectivity index (χ1v) is 13.2. The fourth-order valence-electron chi connectivity index (χ4n) is 3.90. The number of aromatic nitrogens is 3. The van der Waals surface area contributed by atoms with Crippen molar-refractivity contribution in [1.82, 2.24) is 15.0 Å². The van der Waals surface area contributed by atoms with E-state index in [1.54, 1.807) is 50.4 Å². The van der Waals surface area contributed by atoms with Crippen molar-refractivity contribution in [1.29, 1.82) is 0 Å². The van der Waals surface area contributed by atoms with Crippen molar-refractivity contribution in [3.63, 3.8) is 0 Å². The quantitative estimate of drug-likeness (QED) is 0.134. The van der Waals surface area contributed by atoms with Gasteiger partial charge in [-0.05, 0) is 37.3 Å². The van der Waals surface area contributed by atoms with Gasteiger partial charge < -0.3 is 33.4 Å². The van der Waals surface area contributed by atoms with Gasteiger partial charge in [0.05, 0.1) is 52.9 Å². The van der Waals surface area contributed by atoms with E-state index in [-0.39, 0.29) is 0 Å². The van der Waals surface area contributed by atoms with Crippen LogP contribution in [-0.4, -0.2) is 62.6 Å². The van der Waals surface area contributed by atoms with Crippen LogP contribution in [0.5, 0.6) is 28.7 Å². The summed E-state index contributed by atoms with van der Waals surface area (Å²) in [5.74, 6) is 3.17. The Kier molecular flexibility index (Phi) is 9.37. The highest BCUT2D eigenvalue weighted by atomic mass is 32.2. The first-order chi connectivity index (χ1) is 19.0. The molecule has 4 rings (SSSR count). The maximum atomic E-state index is 11.8. The topological polar surface area (TPSA) is 114 Å². The van der Waals surface area contributed by atoms with Crippen LogP contribution >= 0.6 is 11.8 Å². The van der Waals surface area contributed by atoms with Gasteiger partial charge in [0.1, 0.15) is 28.3 Å². The minimum atomic E-state index is -0.462. The number of nitrogens with one attached hydrogen (secondary N) is 1. The van der Waals surface area contributed by atoms with Crippen LogP contribution in [0.4, 0.5) is 0 Å². The molecule has 0 bridgehead atoms. The van der Waals surface area contributed by atoms with Crippen molar-refractivity contribution in [3.8, 4) is 28.7 Å². The number of fused-ring (bicyclic) bond motifs is 1. The van der Waals surface area contributed by atoms with Gasteiger partial charge in [0.15, 0.2) is 16.7 Å². The van der Waals surface area contributed by atoms with Gasteiger partial charge in [-0.25, -0.2) is 9.78 Å². The zero-order chi connectivity index (χ0) is 27.8. The molecular formula is C28H31N3O7S. The van der Waals surface area contributed by atoms with Crippen LogP contribution in [0.1, 0.15) is 28.0 Å². The fourth-order valence-corrected chi connectivity index (χ4v) is 4.81. The molecule has 4 aromatic rings. The molecule has 0 aliphatic rings. The number of methoxy groups -OCH3 is 4. The summed E-state index contributed by atoms with van der Waals surface area (Å²) in [5.41, 5.74) is 3.83. The third-order valence-corrected chi connectivity index (χ3v) is 6.86. The van der Waals surface area contributed by atoms with Crippen molar-refractivity contribution >= 4 is 28.8 Å². The highest BCUT2D eigenvalue weighted by Crippen LogP contribution is 2.36. The maximum absolute atomic E-state index is 11.8. The summed E-state index contributed by atoms with van der Waals surface area (Å²) >= 11 is 1.55. The number of H-pyrrole nitrogens is 1. The van der Waals surface area contributed by atoms with Crippen LogP contribution in [0.25, 0.3) is 11.0 Å². The number of hydrogen-bond acceptors (Lipinski definition) is 10. The van der Waals surface area contributed by atoms with E-state index in [0.717, 1.165) is 33.2 Å². The largest absolute Gasteiger partial charge is 0.496 e. The van der Waals surface area contributed by atoms with Crippen LogP contribution in [0.2, 0.25) is 0 Å². The van der Waals surface area contributed by atoms with Gasteiger partial charge in [-0.3, -0.25) is 4.98 Å². The van der Waals surface area contributed by atoms with E-state index in [0.29, 0.717) is 53.9 Å². The third-order valence-electron chi connectivity index (χ3n) is 5.97. The van der Waals surface area contributed by atoms with E-state index in [2.05, 4.69) is 15.0 Å². The number of carbonyl (C=O) groups excluding carboxylic acids is 1. The lowest BCUT2D eigenvalue weighted by Gasteiger charge is -2.13. The second-order valence-electron chi connectivity index (χ2n) is 8.31. The number of thioether (sulfide) groups is 1. The molecule has 0 radical (unpaired) electrons. The number of aromatic amines is 1. The Morgan fingerprint density at radius 3 is 2.46 bits per heavy atom. The van der Waals surface area contributed by atoms with Gasteiger partial charge in [-0.2, -0.15) is 0 Å². The van der Waals surface area contributed by atoms with Crippen LogP contribution in [0.3, 0.4) is 0 Å². The number of carbonyl (C=O) groups is 1. The van der Waals surface area contributed by atoms with E-state index < -0.39 is 5.97 Å². The van der Waals surface area contributed by atoms with E-state index in [1.807, 2.05) is 25.1 Å². The number of esters is 1. The molecule has 11 heteroatoms. The highest BCUT2D eigenvalue weighted by molar-refractivity contribution is 7.98. The third kappa shape index (κ3) is 6.48. The molecule has 2 aromatic carbocycles. The van der Waals surface area contributed by atoms with E-state index in [9.17, 15) is 4.79 Å².